The summed E-state index contributed by atoms with van der Waals surface area (Å²) in [7, 11) is 0. The van der Waals surface area contributed by atoms with Gasteiger partial charge >= 0.3 is 0 Å². The Labute approximate surface area is 117 Å². The molecule has 0 aromatic carbocycles. The van der Waals surface area contributed by atoms with Crippen LogP contribution in [0, 0.1) is 13.8 Å². The van der Waals surface area contributed by atoms with Crippen LogP contribution in [0.5, 0.6) is 0 Å². The van der Waals surface area contributed by atoms with Gasteiger partial charge in [0.2, 0.25) is 0 Å². The Hall–Kier alpha value is -1.40. The van der Waals surface area contributed by atoms with Crippen LogP contribution in [0.25, 0.3) is 0 Å². The maximum absolute atomic E-state index is 5.90. The summed E-state index contributed by atoms with van der Waals surface area (Å²) in [5.41, 5.74) is 7.85. The first kappa shape index (κ1) is 14.0. The summed E-state index contributed by atoms with van der Waals surface area (Å²) in [5, 5.41) is 1.21. The molecule has 6 heteroatoms. The summed E-state index contributed by atoms with van der Waals surface area (Å²) >= 11 is 1.32. The molecular formula is C13H18N4OS. The third-order valence-electron chi connectivity index (χ3n) is 2.89. The SMILES string of the molecule is CCC(N)Cc1cnc(Sc2nc(C)c(C)o2)nc1. The Morgan fingerprint density at radius 3 is 2.53 bits per heavy atom. The lowest BCUT2D eigenvalue weighted by atomic mass is 10.1. The van der Waals surface area contributed by atoms with E-state index in [1.54, 1.807) is 0 Å². The van der Waals surface area contributed by atoms with Crippen LogP contribution >= 0.6 is 11.8 Å². The summed E-state index contributed by atoms with van der Waals surface area (Å²) in [6.45, 7) is 5.88. The van der Waals surface area contributed by atoms with Crippen LogP contribution in [0.3, 0.4) is 0 Å². The molecular weight excluding hydrogens is 260 g/mol. The van der Waals surface area contributed by atoms with Crippen molar-refractivity contribution in [1.29, 1.82) is 0 Å². The minimum atomic E-state index is 0.166. The van der Waals surface area contributed by atoms with Crippen LogP contribution in [0.15, 0.2) is 27.2 Å². The Morgan fingerprint density at radius 1 is 1.32 bits per heavy atom. The number of hydrogen-bond acceptors (Lipinski definition) is 6. The molecule has 0 amide bonds. The molecule has 0 aliphatic rings. The number of aromatic nitrogens is 3. The van der Waals surface area contributed by atoms with Gasteiger partial charge in [-0.05, 0) is 32.3 Å². The summed E-state index contributed by atoms with van der Waals surface area (Å²) in [5.74, 6) is 0.827. The molecule has 102 valence electrons. The molecule has 5 nitrogen and oxygen atoms in total. The van der Waals surface area contributed by atoms with Crippen molar-refractivity contribution in [3.8, 4) is 0 Å². The number of rotatable bonds is 5. The number of nitrogens with two attached hydrogens (primary N) is 1. The van der Waals surface area contributed by atoms with E-state index in [1.165, 1.54) is 11.8 Å². The zero-order chi connectivity index (χ0) is 13.8. The van der Waals surface area contributed by atoms with E-state index in [4.69, 9.17) is 10.2 Å². The second kappa shape index (κ2) is 6.16. The Kier molecular flexibility index (Phi) is 4.55. The standard InChI is InChI=1S/C13H18N4OS/c1-4-11(14)5-10-6-15-12(16-7-10)19-13-17-8(2)9(3)18-13/h6-7,11H,4-5,14H2,1-3H3. The van der Waals surface area contributed by atoms with E-state index in [2.05, 4.69) is 21.9 Å². The van der Waals surface area contributed by atoms with Crippen molar-refractivity contribution in [1.82, 2.24) is 15.0 Å². The predicted molar refractivity (Wildman–Crippen MR) is 74.1 cm³/mol. The summed E-state index contributed by atoms with van der Waals surface area (Å²) in [6, 6.07) is 0.166. The van der Waals surface area contributed by atoms with Crippen LogP contribution in [0.1, 0.15) is 30.4 Å². The quantitative estimate of drug-likeness (QED) is 0.847. The molecule has 1 unspecified atom stereocenters. The zero-order valence-electron chi connectivity index (χ0n) is 11.4. The van der Waals surface area contributed by atoms with Gasteiger partial charge in [0.05, 0.1) is 5.69 Å². The summed E-state index contributed by atoms with van der Waals surface area (Å²) in [4.78, 5) is 12.9. The van der Waals surface area contributed by atoms with Crippen molar-refractivity contribution in [2.24, 2.45) is 5.73 Å². The van der Waals surface area contributed by atoms with Crippen LogP contribution in [-0.2, 0) is 6.42 Å². The molecule has 2 aromatic rings. The van der Waals surface area contributed by atoms with E-state index < -0.39 is 0 Å². The lowest BCUT2D eigenvalue weighted by Crippen LogP contribution is -2.21. The van der Waals surface area contributed by atoms with E-state index in [0.717, 1.165) is 29.9 Å². The van der Waals surface area contributed by atoms with E-state index in [0.29, 0.717) is 10.4 Å². The van der Waals surface area contributed by atoms with Crippen molar-refractivity contribution >= 4 is 11.8 Å². The van der Waals surface area contributed by atoms with Crippen molar-refractivity contribution in [2.75, 3.05) is 0 Å². The molecule has 2 heterocycles. The third kappa shape index (κ3) is 3.78. The summed E-state index contributed by atoms with van der Waals surface area (Å²) < 4.78 is 5.48. The fourth-order valence-corrected chi connectivity index (χ4v) is 2.23. The molecule has 0 saturated heterocycles. The first-order valence-corrected chi connectivity index (χ1v) is 7.08. The first-order valence-electron chi connectivity index (χ1n) is 6.27. The topological polar surface area (TPSA) is 77.8 Å². The molecule has 0 saturated carbocycles. The van der Waals surface area contributed by atoms with Crippen LogP contribution in [0.4, 0.5) is 0 Å². The Morgan fingerprint density at radius 2 is 2.00 bits per heavy atom. The number of nitrogens with zero attached hydrogens (tertiary/aromatic N) is 3. The maximum atomic E-state index is 5.90. The van der Waals surface area contributed by atoms with Crippen LogP contribution < -0.4 is 5.73 Å². The second-order valence-electron chi connectivity index (χ2n) is 4.47. The van der Waals surface area contributed by atoms with Gasteiger partial charge in [-0.1, -0.05) is 6.92 Å². The average Bonchev–Trinajstić information content (AvgIpc) is 2.70. The molecule has 2 rings (SSSR count). The fourth-order valence-electron chi connectivity index (χ4n) is 1.51. The lowest BCUT2D eigenvalue weighted by Gasteiger charge is -2.07. The first-order chi connectivity index (χ1) is 9.08. The summed E-state index contributed by atoms with van der Waals surface area (Å²) in [6.07, 6.45) is 5.38. The van der Waals surface area contributed by atoms with E-state index in [1.807, 2.05) is 26.2 Å². The van der Waals surface area contributed by atoms with Gasteiger partial charge in [-0.3, -0.25) is 0 Å². The highest BCUT2D eigenvalue weighted by Gasteiger charge is 2.09. The monoisotopic (exact) mass is 278 g/mol. The molecule has 0 aliphatic heterocycles. The van der Waals surface area contributed by atoms with E-state index in [-0.39, 0.29) is 6.04 Å². The molecule has 0 radical (unpaired) electrons. The maximum Gasteiger partial charge on any atom is 0.264 e. The van der Waals surface area contributed by atoms with E-state index >= 15 is 0 Å². The van der Waals surface area contributed by atoms with Crippen molar-refractivity contribution in [3.05, 3.63) is 29.4 Å². The van der Waals surface area contributed by atoms with Gasteiger partial charge in [0.25, 0.3) is 5.22 Å². The number of oxazole rings is 1. The highest BCUT2D eigenvalue weighted by Crippen LogP contribution is 2.25. The third-order valence-corrected chi connectivity index (χ3v) is 3.63. The molecule has 19 heavy (non-hydrogen) atoms. The largest absolute Gasteiger partial charge is 0.436 e. The second-order valence-corrected chi connectivity index (χ2v) is 5.39. The zero-order valence-corrected chi connectivity index (χ0v) is 12.2. The van der Waals surface area contributed by atoms with Gasteiger partial charge < -0.3 is 10.2 Å². The minimum Gasteiger partial charge on any atom is -0.436 e. The fraction of sp³-hybridized carbons (Fsp3) is 0.462. The van der Waals surface area contributed by atoms with E-state index in [9.17, 15) is 0 Å². The van der Waals surface area contributed by atoms with Gasteiger partial charge in [-0.2, -0.15) is 0 Å². The molecule has 0 spiro atoms. The minimum absolute atomic E-state index is 0.166. The Balaban J connectivity index is 2.02. The molecule has 0 fully saturated rings. The highest BCUT2D eigenvalue weighted by molar-refractivity contribution is 7.98. The lowest BCUT2D eigenvalue weighted by molar-refractivity contribution is 0.430. The normalized spacial score (nSPS) is 12.6. The van der Waals surface area contributed by atoms with Gasteiger partial charge in [-0.25, -0.2) is 15.0 Å². The molecule has 2 N–H and O–H groups in total. The molecule has 2 aromatic heterocycles. The Bertz CT molecular complexity index is 519. The van der Waals surface area contributed by atoms with Gasteiger partial charge in [0.1, 0.15) is 5.76 Å². The average molecular weight is 278 g/mol. The number of hydrogen-bond donors (Lipinski definition) is 1. The van der Waals surface area contributed by atoms with Crippen molar-refractivity contribution in [2.45, 2.75) is 50.0 Å². The van der Waals surface area contributed by atoms with Crippen molar-refractivity contribution in [3.63, 3.8) is 0 Å². The molecule has 0 bridgehead atoms. The van der Waals surface area contributed by atoms with Crippen LogP contribution in [0.2, 0.25) is 0 Å². The van der Waals surface area contributed by atoms with Crippen molar-refractivity contribution < 1.29 is 4.42 Å². The van der Waals surface area contributed by atoms with Gasteiger partial charge in [-0.15, -0.1) is 0 Å². The highest BCUT2D eigenvalue weighted by atomic mass is 32.2. The van der Waals surface area contributed by atoms with Gasteiger partial charge in [0.15, 0.2) is 5.16 Å². The van der Waals surface area contributed by atoms with Crippen LogP contribution in [-0.4, -0.2) is 21.0 Å². The van der Waals surface area contributed by atoms with Gasteiger partial charge in [0, 0.05) is 30.2 Å². The predicted octanol–water partition coefficient (Wildman–Crippen LogP) is 2.51. The molecule has 1 atom stereocenters. The molecule has 0 aliphatic carbocycles. The smallest absolute Gasteiger partial charge is 0.264 e. The number of aryl methyl sites for hydroxylation is 2.